The number of carboxylic acid groups (broad SMARTS) is 1. The van der Waals surface area contributed by atoms with Gasteiger partial charge in [0, 0.05) is 24.9 Å². The molecule has 0 saturated heterocycles. The topological polar surface area (TPSA) is 125 Å². The van der Waals surface area contributed by atoms with Crippen molar-refractivity contribution in [1.29, 1.82) is 0 Å². The molecule has 4 N–H and O–H groups in total. The molecule has 0 radical (unpaired) electrons. The van der Waals surface area contributed by atoms with Crippen molar-refractivity contribution in [3.05, 3.63) is 59.7 Å². The molecule has 2 unspecified atom stereocenters. The minimum absolute atomic E-state index is 0.0122. The molecule has 0 heterocycles. The number of aliphatic hydroxyl groups excluding tert-OH is 1. The number of aliphatic carboxylic acids is 1. The van der Waals surface area contributed by atoms with Gasteiger partial charge in [0.15, 0.2) is 0 Å². The van der Waals surface area contributed by atoms with Crippen molar-refractivity contribution >= 4 is 18.0 Å². The molecule has 33 heavy (non-hydrogen) atoms. The van der Waals surface area contributed by atoms with Crippen molar-refractivity contribution in [2.24, 2.45) is 5.92 Å². The number of alkyl carbamates (subject to hydrolysis) is 1. The van der Waals surface area contributed by atoms with E-state index in [4.69, 9.17) is 9.84 Å². The average molecular weight is 455 g/mol. The maximum absolute atomic E-state index is 12.5. The molecule has 2 atom stereocenters. The summed E-state index contributed by atoms with van der Waals surface area (Å²) in [6.07, 6.45) is -2.23. The van der Waals surface area contributed by atoms with Gasteiger partial charge in [0.05, 0.1) is 12.5 Å². The standard InChI is InChI=1S/C25H30N2O6/c1-15(2)22(12-23(29)26-13-16(28)11-24(30)31)27-25(32)33-14-21-19-9-5-3-7-17(19)18-8-4-6-10-20(18)21/h3-10,15-16,21-22,28H,11-14H2,1-2H3,(H,26,29)(H,27,32)(H,30,31). The predicted octanol–water partition coefficient (Wildman–Crippen LogP) is 2.89. The first-order valence-corrected chi connectivity index (χ1v) is 11.0. The smallest absolute Gasteiger partial charge is 0.407 e. The first kappa shape index (κ1) is 24.3. The van der Waals surface area contributed by atoms with Crippen molar-refractivity contribution in [2.45, 2.75) is 44.8 Å². The van der Waals surface area contributed by atoms with Gasteiger partial charge >= 0.3 is 12.1 Å². The largest absolute Gasteiger partial charge is 0.481 e. The number of fused-ring (bicyclic) bond motifs is 3. The third-order valence-electron chi connectivity index (χ3n) is 5.80. The maximum atomic E-state index is 12.5. The third kappa shape index (κ3) is 6.32. The Morgan fingerprint density at radius 1 is 0.970 bits per heavy atom. The summed E-state index contributed by atoms with van der Waals surface area (Å²) in [6.45, 7) is 3.76. The normalized spacial score (nSPS) is 14.2. The van der Waals surface area contributed by atoms with Crippen LogP contribution >= 0.6 is 0 Å². The number of carboxylic acids is 1. The number of aliphatic hydroxyl groups is 1. The zero-order valence-electron chi connectivity index (χ0n) is 18.8. The van der Waals surface area contributed by atoms with Gasteiger partial charge in [-0.1, -0.05) is 62.4 Å². The Balaban J connectivity index is 1.54. The molecule has 0 bridgehead atoms. The lowest BCUT2D eigenvalue weighted by Crippen LogP contribution is -2.44. The van der Waals surface area contributed by atoms with E-state index in [-0.39, 0.29) is 31.4 Å². The molecule has 3 rings (SSSR count). The number of carbonyl (C=O) groups is 3. The number of nitrogens with one attached hydrogen (secondary N) is 2. The summed E-state index contributed by atoms with van der Waals surface area (Å²) in [7, 11) is 0. The van der Waals surface area contributed by atoms with E-state index in [0.29, 0.717) is 0 Å². The Morgan fingerprint density at radius 3 is 2.09 bits per heavy atom. The minimum Gasteiger partial charge on any atom is -0.481 e. The fourth-order valence-corrected chi connectivity index (χ4v) is 4.02. The van der Waals surface area contributed by atoms with Gasteiger partial charge < -0.3 is 25.6 Å². The van der Waals surface area contributed by atoms with Crippen LogP contribution in [0.25, 0.3) is 11.1 Å². The van der Waals surface area contributed by atoms with Crippen LogP contribution in [0.4, 0.5) is 4.79 Å². The number of rotatable bonds is 10. The Bertz CT molecular complexity index is 960. The van der Waals surface area contributed by atoms with E-state index in [1.165, 1.54) is 0 Å². The lowest BCUT2D eigenvalue weighted by molar-refractivity contribution is -0.139. The van der Waals surface area contributed by atoms with E-state index >= 15 is 0 Å². The maximum Gasteiger partial charge on any atom is 0.407 e. The molecule has 1 aliphatic carbocycles. The van der Waals surface area contributed by atoms with Crippen molar-refractivity contribution in [1.82, 2.24) is 10.6 Å². The van der Waals surface area contributed by atoms with E-state index in [2.05, 4.69) is 22.8 Å². The van der Waals surface area contributed by atoms with Crippen LogP contribution in [0.15, 0.2) is 48.5 Å². The molecule has 0 aliphatic heterocycles. The van der Waals surface area contributed by atoms with Gasteiger partial charge in [-0.25, -0.2) is 4.79 Å². The van der Waals surface area contributed by atoms with Crippen molar-refractivity contribution in [2.75, 3.05) is 13.2 Å². The van der Waals surface area contributed by atoms with Crippen molar-refractivity contribution in [3.63, 3.8) is 0 Å². The van der Waals surface area contributed by atoms with Gasteiger partial charge in [-0.05, 0) is 28.2 Å². The molecule has 0 spiro atoms. The van der Waals surface area contributed by atoms with Crippen molar-refractivity contribution < 1.29 is 29.3 Å². The molecule has 2 aromatic rings. The Morgan fingerprint density at radius 2 is 1.55 bits per heavy atom. The summed E-state index contributed by atoms with van der Waals surface area (Å²) < 4.78 is 5.56. The first-order chi connectivity index (χ1) is 15.8. The molecular formula is C25H30N2O6. The number of benzene rings is 2. The quantitative estimate of drug-likeness (QED) is 0.438. The van der Waals surface area contributed by atoms with E-state index in [9.17, 15) is 19.5 Å². The van der Waals surface area contributed by atoms with Gasteiger partial charge in [-0.15, -0.1) is 0 Å². The van der Waals surface area contributed by atoms with Gasteiger partial charge in [0.1, 0.15) is 6.61 Å². The second-order valence-corrected chi connectivity index (χ2v) is 8.58. The van der Waals surface area contributed by atoms with Gasteiger partial charge in [-0.2, -0.15) is 0 Å². The Hall–Kier alpha value is -3.39. The molecule has 1 aliphatic rings. The summed E-state index contributed by atoms with van der Waals surface area (Å²) in [5.74, 6) is -1.63. The van der Waals surface area contributed by atoms with E-state index in [1.807, 2.05) is 50.2 Å². The van der Waals surface area contributed by atoms with E-state index in [0.717, 1.165) is 22.3 Å². The summed E-state index contributed by atoms with van der Waals surface area (Å²) >= 11 is 0. The monoisotopic (exact) mass is 454 g/mol. The van der Waals surface area contributed by atoms with Gasteiger partial charge in [-0.3, -0.25) is 9.59 Å². The summed E-state index contributed by atoms with van der Waals surface area (Å²) in [5, 5.41) is 23.5. The summed E-state index contributed by atoms with van der Waals surface area (Å²) in [6, 6.07) is 15.7. The van der Waals surface area contributed by atoms with Gasteiger partial charge in [0.25, 0.3) is 0 Å². The van der Waals surface area contributed by atoms with Crippen LogP contribution in [0.3, 0.4) is 0 Å². The molecule has 8 nitrogen and oxygen atoms in total. The lowest BCUT2D eigenvalue weighted by Gasteiger charge is -2.23. The highest BCUT2D eigenvalue weighted by Crippen LogP contribution is 2.44. The van der Waals surface area contributed by atoms with E-state index < -0.39 is 36.5 Å². The highest BCUT2D eigenvalue weighted by atomic mass is 16.5. The summed E-state index contributed by atoms with van der Waals surface area (Å²) in [5.41, 5.74) is 4.52. The zero-order valence-corrected chi connectivity index (χ0v) is 18.8. The lowest BCUT2D eigenvalue weighted by atomic mass is 9.98. The molecule has 8 heteroatoms. The summed E-state index contributed by atoms with van der Waals surface area (Å²) in [4.78, 5) is 35.3. The second-order valence-electron chi connectivity index (χ2n) is 8.58. The third-order valence-corrected chi connectivity index (χ3v) is 5.80. The molecule has 2 aromatic carbocycles. The van der Waals surface area contributed by atoms with Crippen LogP contribution in [-0.4, -0.2) is 53.5 Å². The fraction of sp³-hybridized carbons (Fsp3) is 0.400. The van der Waals surface area contributed by atoms with Crippen LogP contribution in [0.5, 0.6) is 0 Å². The zero-order chi connectivity index (χ0) is 24.0. The molecule has 2 amide bonds. The van der Waals surface area contributed by atoms with Crippen LogP contribution in [0.1, 0.15) is 43.7 Å². The molecule has 0 aromatic heterocycles. The number of hydrogen-bond acceptors (Lipinski definition) is 5. The van der Waals surface area contributed by atoms with Gasteiger partial charge in [0.2, 0.25) is 5.91 Å². The van der Waals surface area contributed by atoms with Crippen LogP contribution in [0, 0.1) is 5.92 Å². The van der Waals surface area contributed by atoms with Crippen molar-refractivity contribution in [3.8, 4) is 11.1 Å². The van der Waals surface area contributed by atoms with Crippen LogP contribution < -0.4 is 10.6 Å². The Kier molecular flexibility index (Phi) is 8.06. The number of ether oxygens (including phenoxy) is 1. The van der Waals surface area contributed by atoms with Crippen LogP contribution in [0.2, 0.25) is 0 Å². The fourth-order valence-electron chi connectivity index (χ4n) is 4.02. The highest BCUT2D eigenvalue weighted by Gasteiger charge is 2.29. The first-order valence-electron chi connectivity index (χ1n) is 11.0. The SMILES string of the molecule is CC(C)C(CC(=O)NCC(O)CC(=O)O)NC(=O)OCC1c2ccccc2-c2ccccc21. The average Bonchev–Trinajstić information content (AvgIpc) is 3.09. The predicted molar refractivity (Wildman–Crippen MR) is 123 cm³/mol. The molecular weight excluding hydrogens is 424 g/mol. The molecule has 176 valence electrons. The van der Waals surface area contributed by atoms with Crippen LogP contribution in [-0.2, 0) is 14.3 Å². The molecule has 0 saturated carbocycles. The minimum atomic E-state index is -1.17. The number of carbonyl (C=O) groups excluding carboxylic acids is 2. The second kappa shape index (κ2) is 11.0. The number of amides is 2. The van der Waals surface area contributed by atoms with E-state index in [1.54, 1.807) is 0 Å². The highest BCUT2D eigenvalue weighted by molar-refractivity contribution is 5.79. The molecule has 0 fully saturated rings. The number of hydrogen-bond donors (Lipinski definition) is 4. The Labute approximate surface area is 193 Å².